The Morgan fingerprint density at radius 1 is 1.29 bits per heavy atom. The third kappa shape index (κ3) is 3.56. The highest BCUT2D eigenvalue weighted by atomic mass is 32.1. The van der Waals surface area contributed by atoms with Gasteiger partial charge in [-0.3, -0.25) is 0 Å². The highest BCUT2D eigenvalue weighted by Crippen LogP contribution is 2.40. The number of hydrogen-bond acceptors (Lipinski definition) is 1. The Balaban J connectivity index is 4.57. The van der Waals surface area contributed by atoms with Gasteiger partial charge >= 0.3 is 0 Å². The van der Waals surface area contributed by atoms with Crippen LogP contribution in [0.1, 0.15) is 54.4 Å². The average Bonchev–Trinajstić information content (AvgIpc) is 2.00. The van der Waals surface area contributed by atoms with E-state index in [1.807, 2.05) is 0 Å². The van der Waals surface area contributed by atoms with E-state index >= 15 is 0 Å². The quantitative estimate of drug-likeness (QED) is 0.707. The number of rotatable bonds is 5. The van der Waals surface area contributed by atoms with Gasteiger partial charge in [0.1, 0.15) is 0 Å². The van der Waals surface area contributed by atoms with Gasteiger partial charge in [-0.25, -0.2) is 0 Å². The van der Waals surface area contributed by atoms with Crippen molar-refractivity contribution in [2.45, 2.75) is 54.4 Å². The largest absolute Gasteiger partial charge is 0.393 e. The normalized spacial score (nSPS) is 15.3. The molecule has 0 heterocycles. The molecule has 84 valence electrons. The van der Waals surface area contributed by atoms with Crippen molar-refractivity contribution in [2.75, 3.05) is 0 Å². The van der Waals surface area contributed by atoms with E-state index in [-0.39, 0.29) is 5.41 Å². The zero-order valence-electron chi connectivity index (χ0n) is 10.5. The summed E-state index contributed by atoms with van der Waals surface area (Å²) in [5, 5.41) is 0. The summed E-state index contributed by atoms with van der Waals surface area (Å²) >= 11 is 5.10. The molecule has 0 bridgehead atoms. The van der Waals surface area contributed by atoms with Crippen LogP contribution in [0.5, 0.6) is 0 Å². The Morgan fingerprint density at radius 3 is 2.00 bits per heavy atom. The fraction of sp³-hybridized carbons (Fsp3) is 0.917. The van der Waals surface area contributed by atoms with E-state index in [0.29, 0.717) is 16.3 Å². The summed E-state index contributed by atoms with van der Waals surface area (Å²) in [6, 6.07) is 0. The molecule has 0 aromatic carbocycles. The summed E-state index contributed by atoms with van der Waals surface area (Å²) in [6.45, 7) is 13.4. The van der Waals surface area contributed by atoms with Gasteiger partial charge in [0.2, 0.25) is 0 Å². The minimum Gasteiger partial charge on any atom is -0.393 e. The highest BCUT2D eigenvalue weighted by Gasteiger charge is 2.33. The smallest absolute Gasteiger partial charge is 0.0784 e. The molecule has 1 nitrogen and oxygen atoms in total. The Hall–Kier alpha value is -0.110. The molecule has 0 saturated heterocycles. The SMILES string of the molecule is CCC(C)C(C)(C)CC(C)(C)C(N)=S. The van der Waals surface area contributed by atoms with Crippen LogP contribution in [0.2, 0.25) is 0 Å². The van der Waals surface area contributed by atoms with Crippen LogP contribution in [0.25, 0.3) is 0 Å². The van der Waals surface area contributed by atoms with Crippen molar-refractivity contribution in [3.63, 3.8) is 0 Å². The fourth-order valence-electron chi connectivity index (χ4n) is 1.95. The average molecular weight is 215 g/mol. The molecule has 0 spiro atoms. The molecule has 1 atom stereocenters. The van der Waals surface area contributed by atoms with Gasteiger partial charge in [0.05, 0.1) is 4.99 Å². The van der Waals surface area contributed by atoms with Crippen molar-refractivity contribution in [1.82, 2.24) is 0 Å². The van der Waals surface area contributed by atoms with Crippen molar-refractivity contribution < 1.29 is 0 Å². The zero-order valence-corrected chi connectivity index (χ0v) is 11.3. The van der Waals surface area contributed by atoms with Crippen LogP contribution in [0.15, 0.2) is 0 Å². The maximum Gasteiger partial charge on any atom is 0.0784 e. The molecule has 0 rings (SSSR count). The second-order valence-electron chi connectivity index (χ2n) is 5.72. The molecule has 1 unspecified atom stereocenters. The van der Waals surface area contributed by atoms with Gasteiger partial charge in [0, 0.05) is 5.41 Å². The van der Waals surface area contributed by atoms with E-state index < -0.39 is 0 Å². The van der Waals surface area contributed by atoms with Crippen LogP contribution >= 0.6 is 12.2 Å². The highest BCUT2D eigenvalue weighted by molar-refractivity contribution is 7.80. The van der Waals surface area contributed by atoms with Gasteiger partial charge in [0.25, 0.3) is 0 Å². The third-order valence-corrected chi connectivity index (χ3v) is 4.06. The summed E-state index contributed by atoms with van der Waals surface area (Å²) in [4.78, 5) is 0.633. The zero-order chi connectivity index (χ0) is 11.6. The molecule has 0 amide bonds. The number of nitrogens with two attached hydrogens (primary N) is 1. The van der Waals surface area contributed by atoms with Gasteiger partial charge in [-0.2, -0.15) is 0 Å². The lowest BCUT2D eigenvalue weighted by atomic mass is 9.68. The predicted molar refractivity (Wildman–Crippen MR) is 68.4 cm³/mol. The van der Waals surface area contributed by atoms with E-state index in [9.17, 15) is 0 Å². The Kier molecular flexibility index (Phi) is 4.57. The van der Waals surface area contributed by atoms with Crippen molar-refractivity contribution >= 4 is 17.2 Å². The molecule has 2 heteroatoms. The minimum absolute atomic E-state index is 0.0255. The first-order chi connectivity index (χ1) is 6.13. The molecule has 2 N–H and O–H groups in total. The Bertz CT molecular complexity index is 206. The molecule has 14 heavy (non-hydrogen) atoms. The first-order valence-corrected chi connectivity index (χ1v) is 5.84. The van der Waals surface area contributed by atoms with Crippen LogP contribution in [0.3, 0.4) is 0 Å². The molecule has 0 aromatic rings. The molecule has 0 aliphatic carbocycles. The molecule has 0 aromatic heterocycles. The van der Waals surface area contributed by atoms with Gasteiger partial charge < -0.3 is 5.73 Å². The summed E-state index contributed by atoms with van der Waals surface area (Å²) in [5.74, 6) is 0.705. The second kappa shape index (κ2) is 4.61. The fourth-order valence-corrected chi connectivity index (χ4v) is 2.03. The first-order valence-electron chi connectivity index (χ1n) is 5.43. The van der Waals surface area contributed by atoms with Crippen LogP contribution in [-0.2, 0) is 0 Å². The van der Waals surface area contributed by atoms with Gasteiger partial charge in [-0.1, -0.05) is 60.2 Å². The van der Waals surface area contributed by atoms with Crippen LogP contribution in [-0.4, -0.2) is 4.99 Å². The molecule has 0 saturated carbocycles. The van der Waals surface area contributed by atoms with E-state index in [1.54, 1.807) is 0 Å². The lowest BCUT2D eigenvalue weighted by Crippen LogP contribution is -2.36. The van der Waals surface area contributed by atoms with Crippen LogP contribution in [0.4, 0.5) is 0 Å². The van der Waals surface area contributed by atoms with Gasteiger partial charge in [-0.05, 0) is 17.8 Å². The summed E-state index contributed by atoms with van der Waals surface area (Å²) < 4.78 is 0. The Labute approximate surface area is 94.5 Å². The molecular weight excluding hydrogens is 190 g/mol. The molecule has 0 aliphatic heterocycles. The third-order valence-electron chi connectivity index (χ3n) is 3.51. The maximum atomic E-state index is 5.75. The second-order valence-corrected chi connectivity index (χ2v) is 6.16. The van der Waals surface area contributed by atoms with E-state index in [1.165, 1.54) is 6.42 Å². The van der Waals surface area contributed by atoms with E-state index in [4.69, 9.17) is 18.0 Å². The summed E-state index contributed by atoms with van der Waals surface area (Å²) in [5.41, 5.74) is 6.03. The maximum absolute atomic E-state index is 5.75. The van der Waals surface area contributed by atoms with Crippen molar-refractivity contribution in [1.29, 1.82) is 0 Å². The molecular formula is C12H25NS. The van der Waals surface area contributed by atoms with Crippen molar-refractivity contribution in [3.05, 3.63) is 0 Å². The monoisotopic (exact) mass is 215 g/mol. The van der Waals surface area contributed by atoms with Gasteiger partial charge in [0.15, 0.2) is 0 Å². The van der Waals surface area contributed by atoms with E-state index in [0.717, 1.165) is 6.42 Å². The Morgan fingerprint density at radius 2 is 1.71 bits per heavy atom. The lowest BCUT2D eigenvalue weighted by molar-refractivity contribution is 0.161. The standard InChI is InChI=1S/C12H25NS/c1-7-9(2)11(3,4)8-12(5,6)10(13)14/h9H,7-8H2,1-6H3,(H2,13,14). The molecule has 0 fully saturated rings. The lowest BCUT2D eigenvalue weighted by Gasteiger charge is -2.38. The summed E-state index contributed by atoms with van der Waals surface area (Å²) in [6.07, 6.45) is 2.27. The molecule has 0 aliphatic rings. The summed E-state index contributed by atoms with van der Waals surface area (Å²) in [7, 11) is 0. The topological polar surface area (TPSA) is 26.0 Å². The number of hydrogen-bond donors (Lipinski definition) is 1. The minimum atomic E-state index is -0.0255. The van der Waals surface area contributed by atoms with Gasteiger partial charge in [-0.15, -0.1) is 0 Å². The first kappa shape index (κ1) is 13.9. The molecule has 0 radical (unpaired) electrons. The van der Waals surface area contributed by atoms with Crippen LogP contribution in [0, 0.1) is 16.7 Å². The number of thiocarbonyl (C=S) groups is 1. The van der Waals surface area contributed by atoms with Crippen molar-refractivity contribution in [3.8, 4) is 0 Å². The van der Waals surface area contributed by atoms with E-state index in [2.05, 4.69) is 41.5 Å². The van der Waals surface area contributed by atoms with Crippen molar-refractivity contribution in [2.24, 2.45) is 22.5 Å². The predicted octanol–water partition coefficient (Wildman–Crippen LogP) is 3.76. The van der Waals surface area contributed by atoms with Crippen LogP contribution < -0.4 is 5.73 Å².